The maximum Gasteiger partial charge on any atom is 0.271 e. The van der Waals surface area contributed by atoms with Crippen molar-refractivity contribution in [1.29, 1.82) is 0 Å². The SMILES string of the molecule is O=C(CCl)Cn1cc2ccc([N+](=O)[O-])cc2n1. The fourth-order valence-corrected chi connectivity index (χ4v) is 1.56. The van der Waals surface area contributed by atoms with Crippen molar-refractivity contribution in [3.05, 3.63) is 34.5 Å². The molecule has 0 aliphatic rings. The molecule has 0 aliphatic heterocycles. The lowest BCUT2D eigenvalue weighted by atomic mass is 10.2. The highest BCUT2D eigenvalue weighted by Crippen LogP contribution is 2.19. The third-order valence-electron chi connectivity index (χ3n) is 2.24. The van der Waals surface area contributed by atoms with Gasteiger partial charge >= 0.3 is 0 Å². The van der Waals surface area contributed by atoms with Crippen molar-refractivity contribution >= 4 is 34.0 Å². The van der Waals surface area contributed by atoms with Crippen LogP contribution in [0.5, 0.6) is 0 Å². The van der Waals surface area contributed by atoms with Crippen molar-refractivity contribution in [1.82, 2.24) is 9.78 Å². The van der Waals surface area contributed by atoms with Crippen LogP contribution in [-0.2, 0) is 11.3 Å². The third kappa shape index (κ3) is 2.42. The van der Waals surface area contributed by atoms with Crippen molar-refractivity contribution in [2.75, 3.05) is 5.88 Å². The average molecular weight is 254 g/mol. The van der Waals surface area contributed by atoms with Gasteiger partial charge in [0.05, 0.1) is 16.3 Å². The predicted molar refractivity (Wildman–Crippen MR) is 62.1 cm³/mol. The highest BCUT2D eigenvalue weighted by atomic mass is 35.5. The van der Waals surface area contributed by atoms with Crippen LogP contribution < -0.4 is 0 Å². The Labute approximate surface area is 101 Å². The van der Waals surface area contributed by atoms with Gasteiger partial charge in [0.25, 0.3) is 5.69 Å². The van der Waals surface area contributed by atoms with E-state index >= 15 is 0 Å². The zero-order valence-corrected chi connectivity index (χ0v) is 9.42. The number of ketones is 1. The molecular formula is C10H8ClN3O3. The van der Waals surface area contributed by atoms with Gasteiger partial charge in [-0.3, -0.25) is 19.6 Å². The Morgan fingerprint density at radius 1 is 1.53 bits per heavy atom. The van der Waals surface area contributed by atoms with Crippen molar-refractivity contribution in [3.63, 3.8) is 0 Å². The number of halogens is 1. The lowest BCUT2D eigenvalue weighted by molar-refractivity contribution is -0.384. The highest BCUT2D eigenvalue weighted by molar-refractivity contribution is 6.27. The van der Waals surface area contributed by atoms with Crippen LogP contribution in [0.1, 0.15) is 0 Å². The van der Waals surface area contributed by atoms with Gasteiger partial charge in [-0.1, -0.05) is 0 Å². The topological polar surface area (TPSA) is 78.0 Å². The van der Waals surface area contributed by atoms with Gasteiger partial charge in [-0.05, 0) is 6.07 Å². The minimum atomic E-state index is -0.484. The number of fused-ring (bicyclic) bond motifs is 1. The smallest absolute Gasteiger partial charge is 0.271 e. The molecule has 0 atom stereocenters. The summed E-state index contributed by atoms with van der Waals surface area (Å²) in [5, 5.41) is 15.4. The van der Waals surface area contributed by atoms with Gasteiger partial charge in [0, 0.05) is 23.7 Å². The first-order valence-electron chi connectivity index (χ1n) is 4.79. The molecule has 17 heavy (non-hydrogen) atoms. The maximum absolute atomic E-state index is 11.1. The van der Waals surface area contributed by atoms with E-state index in [1.54, 1.807) is 12.3 Å². The fraction of sp³-hybridized carbons (Fsp3) is 0.200. The van der Waals surface area contributed by atoms with Crippen molar-refractivity contribution < 1.29 is 9.72 Å². The molecule has 2 aromatic rings. The molecule has 88 valence electrons. The maximum atomic E-state index is 11.1. The predicted octanol–water partition coefficient (Wildman–Crippen LogP) is 1.75. The molecule has 1 aromatic carbocycles. The molecule has 0 fully saturated rings. The highest BCUT2D eigenvalue weighted by Gasteiger charge is 2.10. The molecule has 0 saturated heterocycles. The lowest BCUT2D eigenvalue weighted by Crippen LogP contribution is -2.11. The number of nitrogens with zero attached hydrogens (tertiary/aromatic N) is 3. The second-order valence-electron chi connectivity index (χ2n) is 3.50. The number of rotatable bonds is 4. The Morgan fingerprint density at radius 2 is 2.29 bits per heavy atom. The van der Waals surface area contributed by atoms with Gasteiger partial charge in [-0.15, -0.1) is 11.6 Å². The molecule has 0 saturated carbocycles. The Balaban J connectivity index is 2.37. The van der Waals surface area contributed by atoms with Crippen LogP contribution in [0, 0.1) is 10.1 Å². The fourth-order valence-electron chi connectivity index (χ4n) is 1.47. The zero-order valence-electron chi connectivity index (χ0n) is 8.67. The summed E-state index contributed by atoms with van der Waals surface area (Å²) in [4.78, 5) is 21.2. The van der Waals surface area contributed by atoms with E-state index in [1.807, 2.05) is 0 Å². The number of Topliss-reactive ketones (excluding diaryl/α,β-unsaturated/α-hetero) is 1. The molecule has 0 aliphatic carbocycles. The number of aromatic nitrogens is 2. The van der Waals surface area contributed by atoms with E-state index in [1.165, 1.54) is 16.8 Å². The second kappa shape index (κ2) is 4.50. The molecule has 0 unspecified atom stereocenters. The zero-order chi connectivity index (χ0) is 12.4. The number of carbonyl (C=O) groups excluding carboxylic acids is 1. The van der Waals surface area contributed by atoms with E-state index in [4.69, 9.17) is 11.6 Å². The molecule has 0 bridgehead atoms. The van der Waals surface area contributed by atoms with Crippen molar-refractivity contribution in [2.45, 2.75) is 6.54 Å². The van der Waals surface area contributed by atoms with E-state index in [0.717, 1.165) is 5.39 Å². The van der Waals surface area contributed by atoms with Crippen LogP contribution >= 0.6 is 11.6 Å². The summed E-state index contributed by atoms with van der Waals surface area (Å²) in [5.41, 5.74) is 0.466. The number of benzene rings is 1. The standard InChI is InChI=1S/C10H8ClN3O3/c11-4-9(15)6-13-5-7-1-2-8(14(16)17)3-10(7)12-13/h1-3,5H,4,6H2. The number of carbonyl (C=O) groups is 1. The molecule has 0 N–H and O–H groups in total. The summed E-state index contributed by atoms with van der Waals surface area (Å²) < 4.78 is 1.43. The molecule has 1 heterocycles. The van der Waals surface area contributed by atoms with Gasteiger partial charge in [0.15, 0.2) is 5.78 Å². The molecule has 6 nitrogen and oxygen atoms in total. The lowest BCUT2D eigenvalue weighted by Gasteiger charge is -1.95. The number of alkyl halides is 1. The molecule has 1 aromatic heterocycles. The van der Waals surface area contributed by atoms with Gasteiger partial charge < -0.3 is 0 Å². The molecular weight excluding hydrogens is 246 g/mol. The molecule has 0 spiro atoms. The summed E-state index contributed by atoms with van der Waals surface area (Å²) in [6, 6.07) is 4.37. The average Bonchev–Trinajstić information content (AvgIpc) is 2.69. The van der Waals surface area contributed by atoms with E-state index in [9.17, 15) is 14.9 Å². The van der Waals surface area contributed by atoms with Crippen LogP contribution in [0.2, 0.25) is 0 Å². The Bertz CT molecular complexity index is 593. The second-order valence-corrected chi connectivity index (χ2v) is 3.77. The monoisotopic (exact) mass is 253 g/mol. The van der Waals surface area contributed by atoms with Crippen LogP contribution in [0.3, 0.4) is 0 Å². The summed E-state index contributed by atoms with van der Waals surface area (Å²) >= 11 is 5.39. The van der Waals surface area contributed by atoms with E-state index in [0.29, 0.717) is 5.52 Å². The van der Waals surface area contributed by atoms with E-state index < -0.39 is 4.92 Å². The van der Waals surface area contributed by atoms with Crippen LogP contribution in [0.15, 0.2) is 24.4 Å². The van der Waals surface area contributed by atoms with Gasteiger partial charge in [0.2, 0.25) is 0 Å². The number of hydrogen-bond donors (Lipinski definition) is 0. The summed E-state index contributed by atoms with van der Waals surface area (Å²) in [6.07, 6.45) is 1.66. The number of hydrogen-bond acceptors (Lipinski definition) is 4. The quantitative estimate of drug-likeness (QED) is 0.472. The van der Waals surface area contributed by atoms with Crippen LogP contribution in [0.25, 0.3) is 10.9 Å². The first-order valence-corrected chi connectivity index (χ1v) is 5.33. The Morgan fingerprint density at radius 3 is 2.94 bits per heavy atom. The van der Waals surface area contributed by atoms with Gasteiger partial charge in [0.1, 0.15) is 6.54 Å². The first kappa shape index (κ1) is 11.5. The van der Waals surface area contributed by atoms with Crippen LogP contribution in [0.4, 0.5) is 5.69 Å². The minimum Gasteiger partial charge on any atom is -0.296 e. The number of non-ortho nitro benzene ring substituents is 1. The minimum absolute atomic E-state index is 0.0218. The number of nitro benzene ring substituents is 1. The summed E-state index contributed by atoms with van der Waals surface area (Å²) in [6.45, 7) is 0.0754. The number of nitro groups is 1. The molecule has 0 radical (unpaired) electrons. The third-order valence-corrected chi connectivity index (χ3v) is 2.53. The van der Waals surface area contributed by atoms with E-state index in [2.05, 4.69) is 5.10 Å². The molecule has 0 amide bonds. The van der Waals surface area contributed by atoms with Gasteiger partial charge in [-0.25, -0.2) is 0 Å². The molecule has 2 rings (SSSR count). The molecule has 7 heteroatoms. The van der Waals surface area contributed by atoms with Gasteiger partial charge in [-0.2, -0.15) is 5.10 Å². The Kier molecular flexibility index (Phi) is 3.06. The van der Waals surface area contributed by atoms with Crippen LogP contribution in [-0.4, -0.2) is 26.4 Å². The normalized spacial score (nSPS) is 10.6. The Hall–Kier alpha value is -1.95. The summed E-state index contributed by atoms with van der Waals surface area (Å²) in [7, 11) is 0. The van der Waals surface area contributed by atoms with Crippen molar-refractivity contribution in [2.24, 2.45) is 0 Å². The van der Waals surface area contributed by atoms with Crippen molar-refractivity contribution in [3.8, 4) is 0 Å². The summed E-state index contributed by atoms with van der Waals surface area (Å²) in [5.74, 6) is -0.231. The van der Waals surface area contributed by atoms with E-state index in [-0.39, 0.29) is 23.9 Å². The largest absolute Gasteiger partial charge is 0.296 e. The first-order chi connectivity index (χ1) is 8.10.